The van der Waals surface area contributed by atoms with E-state index in [2.05, 4.69) is 24.8 Å². The molecule has 12 heteroatoms. The summed E-state index contributed by atoms with van der Waals surface area (Å²) in [5, 5.41) is 15.2. The van der Waals surface area contributed by atoms with Crippen LogP contribution in [-0.4, -0.2) is 47.7 Å². The lowest BCUT2D eigenvalue weighted by Crippen LogP contribution is -2.49. The molecule has 1 fully saturated rings. The number of aromatic nitrogens is 6. The molecule has 0 N–H and O–H groups in total. The molecule has 0 radical (unpaired) electrons. The van der Waals surface area contributed by atoms with Crippen LogP contribution in [0, 0.1) is 19.8 Å². The van der Waals surface area contributed by atoms with Crippen molar-refractivity contribution >= 4 is 0 Å². The molecule has 0 amide bonds. The summed E-state index contributed by atoms with van der Waals surface area (Å²) in [6.07, 6.45) is -4.65. The second-order valence-electron chi connectivity index (χ2n) is 7.11. The number of alkyl halides is 3. The van der Waals surface area contributed by atoms with Gasteiger partial charge in [0, 0.05) is 30.8 Å². The van der Waals surface area contributed by atoms with Crippen molar-refractivity contribution in [2.75, 3.05) is 13.1 Å². The minimum absolute atomic E-state index is 0.0856. The first-order valence-electron chi connectivity index (χ1n) is 8.93. The van der Waals surface area contributed by atoms with Crippen LogP contribution in [0.1, 0.15) is 23.2 Å². The molecule has 0 saturated carbocycles. The highest BCUT2D eigenvalue weighted by atomic mass is 19.4. The number of hydrogen-bond acceptors (Lipinski definition) is 7. The summed E-state index contributed by atoms with van der Waals surface area (Å²) in [5.74, 6) is -0.739. The lowest BCUT2D eigenvalue weighted by Gasteiger charge is -2.38. The molecule has 4 rings (SSSR count). The maximum Gasteiger partial charge on any atom is 0.470 e. The first kappa shape index (κ1) is 19.3. The van der Waals surface area contributed by atoms with E-state index >= 15 is 0 Å². The van der Waals surface area contributed by atoms with Crippen molar-refractivity contribution in [3.8, 4) is 5.82 Å². The molecular formula is C17H18F3N7O2. The lowest BCUT2D eigenvalue weighted by molar-refractivity contribution is -0.157. The van der Waals surface area contributed by atoms with Gasteiger partial charge >= 0.3 is 12.1 Å². The topological polar surface area (TPSA) is 94.9 Å². The van der Waals surface area contributed by atoms with Gasteiger partial charge in [0.25, 0.3) is 5.56 Å². The Morgan fingerprint density at radius 1 is 1.17 bits per heavy atom. The van der Waals surface area contributed by atoms with E-state index < -0.39 is 12.1 Å². The Morgan fingerprint density at radius 2 is 1.93 bits per heavy atom. The Bertz CT molecular complexity index is 1080. The SMILES string of the molecule is Cc1cc(C)n(-c2ccc(=O)n(CC3CN(Cc4nnc(C(F)(F)F)o4)C3)n2)n1. The van der Waals surface area contributed by atoms with Gasteiger partial charge in [0.1, 0.15) is 0 Å². The van der Waals surface area contributed by atoms with Crippen LogP contribution in [0.3, 0.4) is 0 Å². The summed E-state index contributed by atoms with van der Waals surface area (Å²) in [6, 6.07) is 4.99. The highest BCUT2D eigenvalue weighted by Gasteiger charge is 2.38. The fourth-order valence-electron chi connectivity index (χ4n) is 3.33. The Labute approximate surface area is 162 Å². The average Bonchev–Trinajstić information content (AvgIpc) is 3.20. The minimum atomic E-state index is -4.65. The number of halogens is 3. The maximum atomic E-state index is 12.5. The molecule has 0 atom stereocenters. The monoisotopic (exact) mass is 409 g/mol. The normalized spacial score (nSPS) is 15.6. The number of aryl methyl sites for hydroxylation is 2. The van der Waals surface area contributed by atoms with Gasteiger partial charge in [-0.25, -0.2) is 9.36 Å². The van der Waals surface area contributed by atoms with Gasteiger partial charge in [0.15, 0.2) is 5.82 Å². The summed E-state index contributed by atoms with van der Waals surface area (Å²) in [6.45, 7) is 5.49. The summed E-state index contributed by atoms with van der Waals surface area (Å²) < 4.78 is 45.2. The molecule has 1 aliphatic heterocycles. The van der Waals surface area contributed by atoms with Crippen LogP contribution < -0.4 is 5.56 Å². The van der Waals surface area contributed by atoms with E-state index in [-0.39, 0.29) is 23.9 Å². The van der Waals surface area contributed by atoms with Crippen molar-refractivity contribution < 1.29 is 17.6 Å². The van der Waals surface area contributed by atoms with Crippen LogP contribution in [0.2, 0.25) is 0 Å². The van der Waals surface area contributed by atoms with E-state index in [0.717, 1.165) is 11.4 Å². The Balaban J connectivity index is 1.38. The molecule has 0 bridgehead atoms. The van der Waals surface area contributed by atoms with Crippen molar-refractivity contribution in [2.45, 2.75) is 33.1 Å². The van der Waals surface area contributed by atoms with Gasteiger partial charge in [-0.15, -0.1) is 15.3 Å². The second kappa shape index (κ2) is 7.10. The molecule has 0 aliphatic carbocycles. The lowest BCUT2D eigenvalue weighted by atomic mass is 10.0. The van der Waals surface area contributed by atoms with E-state index in [1.807, 2.05) is 24.8 Å². The van der Waals surface area contributed by atoms with Gasteiger partial charge in [0.05, 0.1) is 18.8 Å². The van der Waals surface area contributed by atoms with Crippen molar-refractivity contribution in [3.63, 3.8) is 0 Å². The van der Waals surface area contributed by atoms with Gasteiger partial charge in [0.2, 0.25) is 5.89 Å². The molecule has 0 aromatic carbocycles. The van der Waals surface area contributed by atoms with E-state index in [9.17, 15) is 18.0 Å². The second-order valence-corrected chi connectivity index (χ2v) is 7.11. The predicted molar refractivity (Wildman–Crippen MR) is 93.2 cm³/mol. The van der Waals surface area contributed by atoms with E-state index in [1.165, 1.54) is 10.7 Å². The summed E-state index contributed by atoms with van der Waals surface area (Å²) >= 11 is 0. The van der Waals surface area contributed by atoms with Gasteiger partial charge in [-0.2, -0.15) is 18.3 Å². The molecule has 3 aromatic heterocycles. The zero-order chi connectivity index (χ0) is 20.8. The van der Waals surface area contributed by atoms with Crippen LogP contribution in [0.5, 0.6) is 0 Å². The third-order valence-electron chi connectivity index (χ3n) is 4.61. The van der Waals surface area contributed by atoms with E-state index in [0.29, 0.717) is 25.5 Å². The van der Waals surface area contributed by atoms with Crippen LogP contribution in [0.25, 0.3) is 5.82 Å². The van der Waals surface area contributed by atoms with Crippen molar-refractivity contribution in [1.82, 2.24) is 34.7 Å². The number of likely N-dealkylation sites (tertiary alicyclic amines) is 1. The molecule has 4 heterocycles. The molecule has 0 spiro atoms. The Morgan fingerprint density at radius 3 is 2.55 bits per heavy atom. The molecule has 3 aromatic rings. The average molecular weight is 409 g/mol. The van der Waals surface area contributed by atoms with Gasteiger partial charge < -0.3 is 4.42 Å². The summed E-state index contributed by atoms with van der Waals surface area (Å²) in [5.41, 5.74) is 1.54. The predicted octanol–water partition coefficient (Wildman–Crippen LogP) is 1.58. The van der Waals surface area contributed by atoms with Crippen LogP contribution in [0.4, 0.5) is 13.2 Å². The van der Waals surface area contributed by atoms with Gasteiger partial charge in [-0.05, 0) is 26.0 Å². The van der Waals surface area contributed by atoms with E-state index in [1.54, 1.807) is 10.7 Å². The zero-order valence-corrected chi connectivity index (χ0v) is 15.7. The molecule has 1 saturated heterocycles. The minimum Gasteiger partial charge on any atom is -0.416 e. The molecule has 9 nitrogen and oxygen atoms in total. The molecule has 154 valence electrons. The van der Waals surface area contributed by atoms with Crippen molar-refractivity contribution in [2.24, 2.45) is 5.92 Å². The van der Waals surface area contributed by atoms with Crippen LogP contribution in [-0.2, 0) is 19.3 Å². The maximum absolute atomic E-state index is 12.5. The summed E-state index contributed by atoms with van der Waals surface area (Å²) in [7, 11) is 0. The molecule has 0 unspecified atom stereocenters. The third kappa shape index (κ3) is 4.06. The Hall–Kier alpha value is -3.02. The zero-order valence-electron chi connectivity index (χ0n) is 15.7. The van der Waals surface area contributed by atoms with Crippen LogP contribution in [0.15, 0.2) is 27.4 Å². The van der Waals surface area contributed by atoms with E-state index in [4.69, 9.17) is 0 Å². The molecular weight excluding hydrogens is 391 g/mol. The number of hydrogen-bond donors (Lipinski definition) is 0. The van der Waals surface area contributed by atoms with Gasteiger partial charge in [-0.1, -0.05) is 0 Å². The van der Waals surface area contributed by atoms with Crippen molar-refractivity contribution in [1.29, 1.82) is 0 Å². The fourth-order valence-corrected chi connectivity index (χ4v) is 3.33. The third-order valence-corrected chi connectivity index (χ3v) is 4.61. The first-order chi connectivity index (χ1) is 13.7. The Kier molecular flexibility index (Phi) is 4.73. The van der Waals surface area contributed by atoms with Crippen LogP contribution >= 0.6 is 0 Å². The van der Waals surface area contributed by atoms with Crippen molar-refractivity contribution in [3.05, 3.63) is 51.7 Å². The smallest absolute Gasteiger partial charge is 0.416 e. The largest absolute Gasteiger partial charge is 0.470 e. The molecule has 29 heavy (non-hydrogen) atoms. The summed E-state index contributed by atoms with van der Waals surface area (Å²) in [4.78, 5) is 14.0. The first-order valence-corrected chi connectivity index (χ1v) is 8.93. The number of nitrogens with zero attached hydrogens (tertiary/aromatic N) is 7. The highest BCUT2D eigenvalue weighted by molar-refractivity contribution is 5.23. The molecule has 1 aliphatic rings. The van der Waals surface area contributed by atoms with Gasteiger partial charge in [-0.3, -0.25) is 9.69 Å². The highest BCUT2D eigenvalue weighted by Crippen LogP contribution is 2.28. The quantitative estimate of drug-likeness (QED) is 0.631. The number of rotatable bonds is 5. The fraction of sp³-hybridized carbons (Fsp3) is 0.471. The standard InChI is InChI=1S/C17H18F3N7O2/c1-10-5-11(2)27(23-10)13-3-4-15(28)26(24-13)8-12-6-25(7-12)9-14-21-22-16(29-14)17(18,19)20/h3-5,12H,6-9H2,1-2H3.